The highest BCUT2D eigenvalue weighted by molar-refractivity contribution is 7.29. The predicted molar refractivity (Wildman–Crippen MR) is 98.2 cm³/mol. The van der Waals surface area contributed by atoms with Crippen molar-refractivity contribution in [1.29, 1.82) is 0 Å². The van der Waals surface area contributed by atoms with Gasteiger partial charge in [-0.3, -0.25) is 9.36 Å². The number of carbonyl (C=O) groups excluding carboxylic acids is 1. The highest BCUT2D eigenvalue weighted by Gasteiger charge is 2.22. The van der Waals surface area contributed by atoms with Gasteiger partial charge in [-0.15, -0.1) is 11.3 Å². The molecule has 138 valence electrons. The number of alkyl halides is 2. The van der Waals surface area contributed by atoms with Crippen molar-refractivity contribution in [3.8, 4) is 0 Å². The van der Waals surface area contributed by atoms with Gasteiger partial charge in [0.25, 0.3) is 5.91 Å². The van der Waals surface area contributed by atoms with Crippen LogP contribution in [0.5, 0.6) is 0 Å². The van der Waals surface area contributed by atoms with E-state index in [1.807, 2.05) is 6.07 Å². The number of thiazole rings is 1. The lowest BCUT2D eigenvalue weighted by atomic mass is 10.4. The van der Waals surface area contributed by atoms with Crippen LogP contribution in [0.4, 0.5) is 13.9 Å². The Labute approximate surface area is 156 Å². The van der Waals surface area contributed by atoms with Gasteiger partial charge in [0.05, 0.1) is 16.1 Å². The zero-order valence-electron chi connectivity index (χ0n) is 14.1. The molecule has 0 bridgehead atoms. The largest absolute Gasteiger partial charge is 0.348 e. The highest BCUT2D eigenvalue weighted by atomic mass is 32.1. The first-order chi connectivity index (χ1) is 12.5. The van der Waals surface area contributed by atoms with Gasteiger partial charge in [0.2, 0.25) is 0 Å². The van der Waals surface area contributed by atoms with E-state index in [2.05, 4.69) is 14.9 Å². The minimum Gasteiger partial charge on any atom is -0.348 e. The zero-order valence-corrected chi connectivity index (χ0v) is 15.7. The van der Waals surface area contributed by atoms with E-state index in [1.54, 1.807) is 18.4 Å². The molecule has 3 aromatic rings. The molecular weight excluding hydrogens is 380 g/mol. The Morgan fingerprint density at radius 3 is 2.81 bits per heavy atom. The number of halogens is 2. The van der Waals surface area contributed by atoms with E-state index in [4.69, 9.17) is 0 Å². The molecular formula is C16H17F2N5OS2. The number of thiophene rings is 1. The molecule has 0 atom stereocenters. The first kappa shape index (κ1) is 17.3. The number of imidazole rings is 1. The fraction of sp³-hybridized carbons (Fsp3) is 0.438. The number of hydrogen-bond donors (Lipinski definition) is 0. The van der Waals surface area contributed by atoms with Gasteiger partial charge in [0.1, 0.15) is 10.7 Å². The molecule has 0 aliphatic carbocycles. The Morgan fingerprint density at radius 2 is 2.12 bits per heavy atom. The third-order valence-corrected chi connectivity index (χ3v) is 6.56. The Morgan fingerprint density at radius 1 is 1.35 bits per heavy atom. The molecule has 1 amide bonds. The fourth-order valence-electron chi connectivity index (χ4n) is 2.99. The number of amides is 1. The Kier molecular flexibility index (Phi) is 4.62. The summed E-state index contributed by atoms with van der Waals surface area (Å²) in [5, 5.41) is 1.01. The lowest BCUT2D eigenvalue weighted by molar-refractivity contribution is 0.0613. The van der Waals surface area contributed by atoms with Crippen LogP contribution in [0.2, 0.25) is 0 Å². The second-order valence-corrected chi connectivity index (χ2v) is 8.20. The van der Waals surface area contributed by atoms with Crippen LogP contribution < -0.4 is 4.90 Å². The van der Waals surface area contributed by atoms with E-state index in [0.717, 1.165) is 32.3 Å². The maximum atomic E-state index is 12.9. The fourth-order valence-corrected chi connectivity index (χ4v) is 5.25. The molecule has 0 N–H and O–H groups in total. The molecule has 1 fully saturated rings. The average molecular weight is 397 g/mol. The van der Waals surface area contributed by atoms with Crippen LogP contribution in [0.15, 0.2) is 18.5 Å². The summed E-state index contributed by atoms with van der Waals surface area (Å²) in [6.45, 7) is -0.580. The van der Waals surface area contributed by atoms with Crippen LogP contribution in [-0.4, -0.2) is 45.5 Å². The monoisotopic (exact) mass is 397 g/mol. The summed E-state index contributed by atoms with van der Waals surface area (Å²) in [4.78, 5) is 26.3. The average Bonchev–Trinajstić information content (AvgIpc) is 3.35. The maximum absolute atomic E-state index is 12.9. The van der Waals surface area contributed by atoms with Gasteiger partial charge >= 0.3 is 6.55 Å². The number of hydrogen-bond acceptors (Lipinski definition) is 6. The lowest BCUT2D eigenvalue weighted by Crippen LogP contribution is -2.27. The van der Waals surface area contributed by atoms with Crippen LogP contribution in [0.3, 0.4) is 0 Å². The van der Waals surface area contributed by atoms with Crippen molar-refractivity contribution in [3.05, 3.63) is 29.2 Å². The van der Waals surface area contributed by atoms with Crippen molar-refractivity contribution >= 4 is 43.2 Å². The molecule has 0 radical (unpaired) electrons. The van der Waals surface area contributed by atoms with E-state index in [-0.39, 0.29) is 18.3 Å². The highest BCUT2D eigenvalue weighted by Crippen LogP contribution is 2.36. The normalized spacial score (nSPS) is 14.7. The molecule has 0 aromatic carbocycles. The van der Waals surface area contributed by atoms with Crippen molar-refractivity contribution < 1.29 is 13.6 Å². The van der Waals surface area contributed by atoms with Crippen molar-refractivity contribution in [2.45, 2.75) is 25.9 Å². The second kappa shape index (κ2) is 6.92. The van der Waals surface area contributed by atoms with E-state index in [1.165, 1.54) is 41.5 Å². The standard InChI is InChI=1S/C16H17F2N5OS2/c1-21(9-12-19-4-7-23(12)15(17)18)14(24)11-8-10-13(25-11)20-16(26-10)22-5-2-3-6-22/h4,7-8,15H,2-3,5-6,9H2,1H3. The summed E-state index contributed by atoms with van der Waals surface area (Å²) in [5.74, 6) is -0.0598. The van der Waals surface area contributed by atoms with Gasteiger partial charge in [-0.1, -0.05) is 11.3 Å². The molecule has 1 aliphatic heterocycles. The second-order valence-electron chi connectivity index (χ2n) is 6.16. The number of aromatic nitrogens is 3. The molecule has 10 heteroatoms. The molecule has 1 aliphatic rings. The summed E-state index contributed by atoms with van der Waals surface area (Å²) >= 11 is 2.94. The topological polar surface area (TPSA) is 54.3 Å². The van der Waals surface area contributed by atoms with Crippen molar-refractivity contribution in [2.75, 3.05) is 25.0 Å². The minimum atomic E-state index is -2.67. The third kappa shape index (κ3) is 3.18. The molecule has 4 rings (SSSR count). The number of fused-ring (bicyclic) bond motifs is 1. The number of nitrogens with zero attached hydrogens (tertiary/aromatic N) is 5. The zero-order chi connectivity index (χ0) is 18.3. The Hall–Kier alpha value is -2.07. The van der Waals surface area contributed by atoms with E-state index >= 15 is 0 Å². The van der Waals surface area contributed by atoms with Crippen LogP contribution in [0.25, 0.3) is 9.53 Å². The smallest absolute Gasteiger partial charge is 0.319 e. The maximum Gasteiger partial charge on any atom is 0.319 e. The SMILES string of the molecule is CN(Cc1nccn1C(F)F)C(=O)c1cc2sc(N3CCCC3)nc2s1. The van der Waals surface area contributed by atoms with Crippen LogP contribution in [-0.2, 0) is 6.54 Å². The van der Waals surface area contributed by atoms with Gasteiger partial charge < -0.3 is 9.80 Å². The quantitative estimate of drug-likeness (QED) is 0.657. The van der Waals surface area contributed by atoms with E-state index in [0.29, 0.717) is 4.88 Å². The summed E-state index contributed by atoms with van der Waals surface area (Å²) < 4.78 is 27.6. The lowest BCUT2D eigenvalue weighted by Gasteiger charge is -2.16. The van der Waals surface area contributed by atoms with Crippen molar-refractivity contribution in [1.82, 2.24) is 19.4 Å². The number of rotatable bonds is 5. The summed E-state index contributed by atoms with van der Waals surface area (Å²) in [5.41, 5.74) is 0. The molecule has 3 aromatic heterocycles. The molecule has 26 heavy (non-hydrogen) atoms. The first-order valence-corrected chi connectivity index (χ1v) is 9.87. The van der Waals surface area contributed by atoms with Gasteiger partial charge in [0.15, 0.2) is 5.13 Å². The van der Waals surface area contributed by atoms with Gasteiger partial charge in [-0.05, 0) is 18.9 Å². The number of carbonyl (C=O) groups is 1. The van der Waals surface area contributed by atoms with Gasteiger partial charge in [-0.25, -0.2) is 9.97 Å². The van der Waals surface area contributed by atoms with Crippen molar-refractivity contribution in [3.63, 3.8) is 0 Å². The molecule has 0 saturated carbocycles. The van der Waals surface area contributed by atoms with Gasteiger partial charge in [0, 0.05) is 32.5 Å². The van der Waals surface area contributed by atoms with Crippen molar-refractivity contribution in [2.24, 2.45) is 0 Å². The van der Waals surface area contributed by atoms with E-state index in [9.17, 15) is 13.6 Å². The molecule has 0 spiro atoms. The van der Waals surface area contributed by atoms with Gasteiger partial charge in [-0.2, -0.15) is 8.78 Å². The van der Waals surface area contributed by atoms with E-state index < -0.39 is 6.55 Å². The summed E-state index contributed by atoms with van der Waals surface area (Å²) in [7, 11) is 1.59. The molecule has 1 saturated heterocycles. The van der Waals surface area contributed by atoms with Crippen LogP contribution in [0, 0.1) is 0 Å². The Bertz CT molecular complexity index is 897. The predicted octanol–water partition coefficient (Wildman–Crippen LogP) is 3.82. The molecule has 6 nitrogen and oxygen atoms in total. The molecule has 4 heterocycles. The Balaban J connectivity index is 1.50. The van der Waals surface area contributed by atoms with Crippen LogP contribution >= 0.6 is 22.7 Å². The van der Waals surface area contributed by atoms with Crippen LogP contribution in [0.1, 0.15) is 34.9 Å². The summed E-state index contributed by atoms with van der Waals surface area (Å²) in [6.07, 6.45) is 4.90. The first-order valence-electron chi connectivity index (χ1n) is 8.23. The summed E-state index contributed by atoms with van der Waals surface area (Å²) in [6, 6.07) is 1.84. The third-order valence-electron chi connectivity index (χ3n) is 4.35. The minimum absolute atomic E-state index is 0.0220. The molecule has 0 unspecified atom stereocenters. The number of anilines is 1.